The average molecular weight is 269 g/mol. The normalized spacial score (nSPS) is 10.4. The van der Waals surface area contributed by atoms with Crippen molar-refractivity contribution in [3.8, 4) is 5.75 Å². The molecule has 0 bridgehead atoms. The molecular weight excluding hydrogens is 254 g/mol. The predicted octanol–water partition coefficient (Wildman–Crippen LogP) is 3.48. The summed E-state index contributed by atoms with van der Waals surface area (Å²) in [7, 11) is 1.62. The van der Waals surface area contributed by atoms with E-state index in [1.165, 1.54) is 0 Å². The molecule has 102 valence electrons. The zero-order valence-electron chi connectivity index (χ0n) is 11.0. The van der Waals surface area contributed by atoms with Gasteiger partial charge in [-0.15, -0.1) is 0 Å². The third kappa shape index (κ3) is 3.38. The minimum atomic E-state index is -0.953. The lowest BCUT2D eigenvalue weighted by molar-refractivity contribution is 0.0698. The quantitative estimate of drug-likeness (QED) is 0.872. The van der Waals surface area contributed by atoms with Crippen molar-refractivity contribution in [2.45, 2.75) is 0 Å². The van der Waals surface area contributed by atoms with Gasteiger partial charge in [0.05, 0.1) is 18.4 Å². The maximum absolute atomic E-state index is 11.0. The van der Waals surface area contributed by atoms with Crippen LogP contribution in [0.1, 0.15) is 15.9 Å². The molecule has 0 radical (unpaired) electrons. The SMILES string of the molecule is COc1ccc(C=CNc2ccccc2C(=O)O)cc1. The van der Waals surface area contributed by atoms with E-state index in [0.717, 1.165) is 11.3 Å². The summed E-state index contributed by atoms with van der Waals surface area (Å²) in [5.74, 6) is -0.155. The van der Waals surface area contributed by atoms with Gasteiger partial charge in [0.25, 0.3) is 0 Å². The zero-order chi connectivity index (χ0) is 14.4. The van der Waals surface area contributed by atoms with Crippen molar-refractivity contribution in [3.05, 3.63) is 65.9 Å². The van der Waals surface area contributed by atoms with Gasteiger partial charge in [-0.25, -0.2) is 4.79 Å². The van der Waals surface area contributed by atoms with Gasteiger partial charge in [0, 0.05) is 6.20 Å². The fraction of sp³-hybridized carbons (Fsp3) is 0.0625. The number of aromatic carboxylic acids is 1. The Kier molecular flexibility index (Phi) is 4.39. The third-order valence-electron chi connectivity index (χ3n) is 2.79. The number of methoxy groups -OCH3 is 1. The monoisotopic (exact) mass is 269 g/mol. The van der Waals surface area contributed by atoms with Gasteiger partial charge >= 0.3 is 5.97 Å². The first-order valence-electron chi connectivity index (χ1n) is 6.10. The predicted molar refractivity (Wildman–Crippen MR) is 79.1 cm³/mol. The van der Waals surface area contributed by atoms with E-state index in [1.54, 1.807) is 37.6 Å². The first-order valence-corrected chi connectivity index (χ1v) is 6.10. The highest BCUT2D eigenvalue weighted by molar-refractivity contribution is 5.94. The zero-order valence-corrected chi connectivity index (χ0v) is 11.0. The molecule has 4 nitrogen and oxygen atoms in total. The summed E-state index contributed by atoms with van der Waals surface area (Å²) in [6, 6.07) is 14.3. The molecule has 2 rings (SSSR count). The van der Waals surface area contributed by atoms with Gasteiger partial charge in [0.1, 0.15) is 5.75 Å². The smallest absolute Gasteiger partial charge is 0.337 e. The minimum absolute atomic E-state index is 0.242. The van der Waals surface area contributed by atoms with Crippen LogP contribution in [0.5, 0.6) is 5.75 Å². The van der Waals surface area contributed by atoms with Crippen LogP contribution in [0.4, 0.5) is 5.69 Å². The van der Waals surface area contributed by atoms with E-state index in [0.29, 0.717) is 5.69 Å². The van der Waals surface area contributed by atoms with Crippen molar-refractivity contribution < 1.29 is 14.6 Å². The number of rotatable bonds is 5. The Hall–Kier alpha value is -2.75. The topological polar surface area (TPSA) is 58.6 Å². The van der Waals surface area contributed by atoms with Crippen LogP contribution >= 0.6 is 0 Å². The van der Waals surface area contributed by atoms with Gasteiger partial charge in [0.15, 0.2) is 0 Å². The summed E-state index contributed by atoms with van der Waals surface area (Å²) in [4.78, 5) is 11.0. The third-order valence-corrected chi connectivity index (χ3v) is 2.79. The molecule has 0 aliphatic heterocycles. The van der Waals surface area contributed by atoms with E-state index in [-0.39, 0.29) is 5.56 Å². The maximum atomic E-state index is 11.0. The second-order valence-electron chi connectivity index (χ2n) is 4.10. The Labute approximate surface area is 117 Å². The highest BCUT2D eigenvalue weighted by Gasteiger charge is 2.06. The second-order valence-corrected chi connectivity index (χ2v) is 4.10. The highest BCUT2D eigenvalue weighted by Crippen LogP contribution is 2.16. The van der Waals surface area contributed by atoms with E-state index in [4.69, 9.17) is 9.84 Å². The molecule has 0 atom stereocenters. The summed E-state index contributed by atoms with van der Waals surface area (Å²) in [5.41, 5.74) is 1.79. The van der Waals surface area contributed by atoms with Crippen LogP contribution in [-0.4, -0.2) is 18.2 Å². The molecule has 0 saturated heterocycles. The van der Waals surface area contributed by atoms with Crippen molar-refractivity contribution in [1.29, 1.82) is 0 Å². The molecule has 0 unspecified atom stereocenters. The van der Waals surface area contributed by atoms with Crippen LogP contribution in [0, 0.1) is 0 Å². The van der Waals surface area contributed by atoms with Crippen molar-refractivity contribution in [1.82, 2.24) is 0 Å². The number of carboxylic acids is 1. The fourth-order valence-corrected chi connectivity index (χ4v) is 1.74. The molecule has 0 aliphatic carbocycles. The molecule has 0 heterocycles. The van der Waals surface area contributed by atoms with E-state index in [2.05, 4.69) is 5.32 Å². The van der Waals surface area contributed by atoms with E-state index in [1.807, 2.05) is 30.3 Å². The molecular formula is C16H15NO3. The van der Waals surface area contributed by atoms with Crippen LogP contribution < -0.4 is 10.1 Å². The first kappa shape index (κ1) is 13.7. The molecule has 20 heavy (non-hydrogen) atoms. The van der Waals surface area contributed by atoms with Gasteiger partial charge in [-0.2, -0.15) is 0 Å². The number of para-hydroxylation sites is 1. The van der Waals surface area contributed by atoms with E-state index >= 15 is 0 Å². The second kappa shape index (κ2) is 6.43. The number of hydrogen-bond donors (Lipinski definition) is 2. The van der Waals surface area contributed by atoms with E-state index < -0.39 is 5.97 Å². The number of hydrogen-bond acceptors (Lipinski definition) is 3. The average Bonchev–Trinajstić information content (AvgIpc) is 2.48. The van der Waals surface area contributed by atoms with Gasteiger partial charge in [-0.05, 0) is 35.9 Å². The summed E-state index contributed by atoms with van der Waals surface area (Å²) in [6.45, 7) is 0. The van der Waals surface area contributed by atoms with Gasteiger partial charge in [-0.1, -0.05) is 24.3 Å². The molecule has 2 aromatic rings. The molecule has 2 N–H and O–H groups in total. The lowest BCUT2D eigenvalue weighted by Crippen LogP contribution is -2.01. The van der Waals surface area contributed by atoms with Crippen LogP contribution in [0.2, 0.25) is 0 Å². The standard InChI is InChI=1S/C16H15NO3/c1-20-13-8-6-12(7-9-13)10-11-17-15-5-3-2-4-14(15)16(18)19/h2-11,17H,1H3,(H,18,19). The van der Waals surface area contributed by atoms with Crippen LogP contribution in [0.15, 0.2) is 54.7 Å². The first-order chi connectivity index (χ1) is 9.70. The summed E-state index contributed by atoms with van der Waals surface area (Å²) in [5, 5.41) is 12.0. The van der Waals surface area contributed by atoms with Crippen LogP contribution in [0.25, 0.3) is 6.08 Å². The molecule has 2 aromatic carbocycles. The Morgan fingerprint density at radius 2 is 1.85 bits per heavy atom. The van der Waals surface area contributed by atoms with Gasteiger partial charge in [0.2, 0.25) is 0 Å². The largest absolute Gasteiger partial charge is 0.497 e. The minimum Gasteiger partial charge on any atom is -0.497 e. The number of benzene rings is 2. The van der Waals surface area contributed by atoms with Gasteiger partial charge in [-0.3, -0.25) is 0 Å². The fourth-order valence-electron chi connectivity index (χ4n) is 1.74. The lowest BCUT2D eigenvalue weighted by Gasteiger charge is -2.05. The molecule has 0 aromatic heterocycles. The maximum Gasteiger partial charge on any atom is 0.337 e. The van der Waals surface area contributed by atoms with Gasteiger partial charge < -0.3 is 15.2 Å². The summed E-state index contributed by atoms with van der Waals surface area (Å²) in [6.07, 6.45) is 3.57. The molecule has 0 aliphatic rings. The summed E-state index contributed by atoms with van der Waals surface area (Å²) < 4.78 is 5.08. The van der Waals surface area contributed by atoms with Crippen molar-refractivity contribution in [2.75, 3.05) is 12.4 Å². The van der Waals surface area contributed by atoms with Crippen LogP contribution in [0.3, 0.4) is 0 Å². The highest BCUT2D eigenvalue weighted by atomic mass is 16.5. The van der Waals surface area contributed by atoms with Crippen molar-refractivity contribution in [2.24, 2.45) is 0 Å². The Morgan fingerprint density at radius 3 is 2.50 bits per heavy atom. The Bertz CT molecular complexity index is 618. The number of anilines is 1. The van der Waals surface area contributed by atoms with E-state index in [9.17, 15) is 4.79 Å². The molecule has 0 fully saturated rings. The molecule has 4 heteroatoms. The van der Waals surface area contributed by atoms with Crippen LogP contribution in [-0.2, 0) is 0 Å². The number of carbonyl (C=O) groups is 1. The number of ether oxygens (including phenoxy) is 1. The van der Waals surface area contributed by atoms with Crippen molar-refractivity contribution >= 4 is 17.7 Å². The Morgan fingerprint density at radius 1 is 1.15 bits per heavy atom. The Balaban J connectivity index is 2.08. The number of nitrogens with one attached hydrogen (secondary N) is 1. The molecule has 0 amide bonds. The summed E-state index contributed by atoms with van der Waals surface area (Å²) >= 11 is 0. The van der Waals surface area contributed by atoms with Crippen molar-refractivity contribution in [3.63, 3.8) is 0 Å². The number of carboxylic acid groups (broad SMARTS) is 1. The molecule has 0 spiro atoms. The lowest BCUT2D eigenvalue weighted by atomic mass is 10.2. The molecule has 0 saturated carbocycles.